The highest BCUT2D eigenvalue weighted by Crippen LogP contribution is 2.22. The second-order valence-corrected chi connectivity index (χ2v) is 8.55. The van der Waals surface area contributed by atoms with Crippen molar-refractivity contribution in [2.45, 2.75) is 18.1 Å². The van der Waals surface area contributed by atoms with Crippen LogP contribution in [0.5, 0.6) is 5.75 Å². The van der Waals surface area contributed by atoms with Crippen LogP contribution in [0.4, 0.5) is 18.9 Å². The van der Waals surface area contributed by atoms with Crippen molar-refractivity contribution in [3.05, 3.63) is 88.7 Å². The lowest BCUT2D eigenvalue weighted by atomic mass is 10.2. The summed E-state index contributed by atoms with van der Waals surface area (Å²) in [5, 5.41) is 2.34. The van der Waals surface area contributed by atoms with E-state index in [0.717, 1.165) is 18.2 Å². The van der Waals surface area contributed by atoms with Crippen LogP contribution in [-0.2, 0) is 16.6 Å². The predicted molar refractivity (Wildman–Crippen MR) is 113 cm³/mol. The van der Waals surface area contributed by atoms with Crippen molar-refractivity contribution in [1.82, 2.24) is 5.32 Å². The van der Waals surface area contributed by atoms with E-state index in [9.17, 15) is 26.4 Å². The van der Waals surface area contributed by atoms with Crippen LogP contribution in [0.15, 0.2) is 71.6 Å². The maximum absolute atomic E-state index is 13.3. The van der Waals surface area contributed by atoms with E-state index in [1.165, 1.54) is 48.5 Å². The minimum absolute atomic E-state index is 0.0102. The fourth-order valence-electron chi connectivity index (χ4n) is 2.62. The smallest absolute Gasteiger partial charge is 0.387 e. The molecule has 3 aromatic carbocycles. The molecule has 0 aliphatic carbocycles. The summed E-state index contributed by atoms with van der Waals surface area (Å²) in [6.07, 6.45) is 0. The molecule has 0 aromatic heterocycles. The van der Waals surface area contributed by atoms with E-state index < -0.39 is 28.4 Å². The molecule has 0 unspecified atom stereocenters. The van der Waals surface area contributed by atoms with Gasteiger partial charge in [-0.2, -0.15) is 8.78 Å². The number of amides is 1. The molecule has 3 aromatic rings. The van der Waals surface area contributed by atoms with Crippen molar-refractivity contribution < 1.29 is 31.1 Å². The number of nitrogens with one attached hydrogen (secondary N) is 2. The third-order valence-electron chi connectivity index (χ3n) is 4.20. The number of carbonyl (C=O) groups is 1. The van der Waals surface area contributed by atoms with Gasteiger partial charge in [0, 0.05) is 17.8 Å². The van der Waals surface area contributed by atoms with Gasteiger partial charge in [0.05, 0.1) is 9.92 Å². The monoisotopic (exact) mass is 484 g/mol. The summed E-state index contributed by atoms with van der Waals surface area (Å²) < 4.78 is 69.0. The topological polar surface area (TPSA) is 84.5 Å². The van der Waals surface area contributed by atoms with Crippen molar-refractivity contribution in [2.75, 3.05) is 4.72 Å². The highest BCUT2D eigenvalue weighted by molar-refractivity contribution is 7.92. The van der Waals surface area contributed by atoms with Gasteiger partial charge in [0.2, 0.25) is 0 Å². The Balaban J connectivity index is 1.59. The first kappa shape index (κ1) is 23.4. The zero-order chi connectivity index (χ0) is 23.3. The van der Waals surface area contributed by atoms with Crippen molar-refractivity contribution in [1.29, 1.82) is 0 Å². The van der Waals surface area contributed by atoms with Crippen molar-refractivity contribution in [3.8, 4) is 5.75 Å². The molecule has 6 nitrogen and oxygen atoms in total. The highest BCUT2D eigenvalue weighted by Gasteiger charge is 2.16. The fourth-order valence-corrected chi connectivity index (χ4v) is 3.95. The minimum Gasteiger partial charge on any atom is -0.435 e. The molecule has 0 saturated carbocycles. The first-order valence-electron chi connectivity index (χ1n) is 9.04. The second kappa shape index (κ2) is 9.92. The molecule has 32 heavy (non-hydrogen) atoms. The van der Waals surface area contributed by atoms with Crippen LogP contribution in [0.1, 0.15) is 15.9 Å². The largest absolute Gasteiger partial charge is 0.435 e. The highest BCUT2D eigenvalue weighted by atomic mass is 35.5. The van der Waals surface area contributed by atoms with Crippen LogP contribution in [0.3, 0.4) is 0 Å². The maximum Gasteiger partial charge on any atom is 0.387 e. The number of carbonyl (C=O) groups excluding carboxylic acids is 1. The van der Waals surface area contributed by atoms with E-state index in [2.05, 4.69) is 14.8 Å². The summed E-state index contributed by atoms with van der Waals surface area (Å²) in [5.41, 5.74) is 1.13. The summed E-state index contributed by atoms with van der Waals surface area (Å²) in [7, 11) is -4.00. The Morgan fingerprint density at radius 1 is 1.00 bits per heavy atom. The molecule has 0 fully saturated rings. The molecule has 11 heteroatoms. The summed E-state index contributed by atoms with van der Waals surface area (Å²) >= 11 is 5.63. The molecule has 1 amide bonds. The first-order chi connectivity index (χ1) is 15.1. The maximum atomic E-state index is 13.3. The zero-order valence-electron chi connectivity index (χ0n) is 16.2. The molecular weight excluding hydrogens is 469 g/mol. The quantitative estimate of drug-likeness (QED) is 0.480. The lowest BCUT2D eigenvalue weighted by Crippen LogP contribution is -2.22. The lowest BCUT2D eigenvalue weighted by Gasteiger charge is -2.10. The molecule has 0 aliphatic heterocycles. The Bertz CT molecular complexity index is 1200. The van der Waals surface area contributed by atoms with Gasteiger partial charge in [-0.05, 0) is 60.2 Å². The van der Waals surface area contributed by atoms with Crippen LogP contribution in [0.25, 0.3) is 0 Å². The summed E-state index contributed by atoms with van der Waals surface area (Å²) in [6, 6.07) is 14.5. The van der Waals surface area contributed by atoms with Gasteiger partial charge in [-0.1, -0.05) is 23.7 Å². The van der Waals surface area contributed by atoms with Gasteiger partial charge in [0.15, 0.2) is 0 Å². The number of hydrogen-bond acceptors (Lipinski definition) is 4. The van der Waals surface area contributed by atoms with Crippen LogP contribution in [0, 0.1) is 5.82 Å². The standard InChI is InChI=1S/C21H16ClF3N2O4S/c22-18-11-17(9-10-19(18)23)32(29,30)27-15-5-3-14(4-6-15)20(28)26-12-13-1-7-16(8-2-13)31-21(24)25/h1-11,21,27H,12H2,(H,26,28). The number of ether oxygens (including phenoxy) is 1. The summed E-state index contributed by atoms with van der Waals surface area (Å²) in [6.45, 7) is -2.77. The molecule has 3 rings (SSSR count). The summed E-state index contributed by atoms with van der Waals surface area (Å²) in [4.78, 5) is 12.1. The number of hydrogen-bond donors (Lipinski definition) is 2. The average Bonchev–Trinajstić information content (AvgIpc) is 2.74. The van der Waals surface area contributed by atoms with Crippen molar-refractivity contribution >= 4 is 33.2 Å². The molecule has 0 atom stereocenters. The number of alkyl halides is 2. The second-order valence-electron chi connectivity index (χ2n) is 6.46. The van der Waals surface area contributed by atoms with Gasteiger partial charge >= 0.3 is 6.61 Å². The molecule has 0 bridgehead atoms. The number of sulfonamides is 1. The third-order valence-corrected chi connectivity index (χ3v) is 5.87. The van der Waals surface area contributed by atoms with E-state index >= 15 is 0 Å². The van der Waals surface area contributed by atoms with E-state index in [1.807, 2.05) is 0 Å². The van der Waals surface area contributed by atoms with Crippen LogP contribution in [-0.4, -0.2) is 20.9 Å². The fraction of sp³-hybridized carbons (Fsp3) is 0.0952. The van der Waals surface area contributed by atoms with Gasteiger partial charge in [-0.3, -0.25) is 9.52 Å². The van der Waals surface area contributed by atoms with E-state index in [4.69, 9.17) is 11.6 Å². The molecule has 0 spiro atoms. The van der Waals surface area contributed by atoms with Crippen LogP contribution in [0.2, 0.25) is 5.02 Å². The van der Waals surface area contributed by atoms with Gasteiger partial charge in [0.1, 0.15) is 11.6 Å². The normalized spacial score (nSPS) is 11.3. The Morgan fingerprint density at radius 2 is 1.66 bits per heavy atom. The first-order valence-corrected chi connectivity index (χ1v) is 10.9. The molecule has 0 radical (unpaired) electrons. The Labute approximate surface area is 187 Å². The SMILES string of the molecule is O=C(NCc1ccc(OC(F)F)cc1)c1ccc(NS(=O)(=O)c2ccc(F)c(Cl)c2)cc1. The molecule has 168 valence electrons. The Morgan fingerprint density at radius 3 is 2.25 bits per heavy atom. The Kier molecular flexibility index (Phi) is 7.26. The zero-order valence-corrected chi connectivity index (χ0v) is 17.8. The molecule has 0 heterocycles. The van der Waals surface area contributed by atoms with Crippen molar-refractivity contribution in [3.63, 3.8) is 0 Å². The number of benzene rings is 3. The van der Waals surface area contributed by atoms with Gasteiger partial charge in [-0.25, -0.2) is 12.8 Å². The third kappa shape index (κ3) is 6.14. The van der Waals surface area contributed by atoms with Crippen LogP contribution >= 0.6 is 11.6 Å². The molecular formula is C21H16ClF3N2O4S. The number of rotatable bonds is 8. The number of anilines is 1. The predicted octanol–water partition coefficient (Wildman–Crippen LogP) is 4.81. The van der Waals surface area contributed by atoms with E-state index in [1.54, 1.807) is 0 Å². The molecule has 0 saturated heterocycles. The van der Waals surface area contributed by atoms with Gasteiger partial charge in [0.25, 0.3) is 15.9 Å². The van der Waals surface area contributed by atoms with Gasteiger partial charge in [-0.15, -0.1) is 0 Å². The van der Waals surface area contributed by atoms with Crippen LogP contribution < -0.4 is 14.8 Å². The number of halogens is 4. The average molecular weight is 485 g/mol. The Hall–Kier alpha value is -3.24. The van der Waals surface area contributed by atoms with E-state index in [-0.39, 0.29) is 33.5 Å². The molecule has 2 N–H and O–H groups in total. The van der Waals surface area contributed by atoms with Crippen molar-refractivity contribution in [2.24, 2.45) is 0 Å². The summed E-state index contributed by atoms with van der Waals surface area (Å²) in [5.74, 6) is -1.15. The molecule has 0 aliphatic rings. The van der Waals surface area contributed by atoms with Gasteiger partial charge < -0.3 is 10.1 Å². The lowest BCUT2D eigenvalue weighted by molar-refractivity contribution is -0.0498. The minimum atomic E-state index is -4.00. The van der Waals surface area contributed by atoms with E-state index in [0.29, 0.717) is 5.56 Å².